The lowest BCUT2D eigenvalue weighted by Gasteiger charge is -2.64. The molecule has 8 aliphatic rings. The first-order valence-electron chi connectivity index (χ1n) is 21.8. The zero-order valence-electron chi connectivity index (χ0n) is 35.0. The Bertz CT molecular complexity index is 1420. The molecule has 8 rings (SSSR count). The standard InChI is InChI=1S/C43H74N4O7/c1-10-51-36(38(5,6)50)27-23-26(2)33-34(53-27)35(49)41(9)29-12-11-28-37(3,4)30(13-16-42(28)25-43(29,42)18-17-39(33,41)7)54-32-24-47(21-22-52-32)20-19-44-31(48)14-15-40(8)45-46-40/h26-30,32-36,45-46,49-50H,10-25H2,1-9H3,(H,44,48). The summed E-state index contributed by atoms with van der Waals surface area (Å²) in [5.74, 6) is 1.83. The van der Waals surface area contributed by atoms with Crippen LogP contribution in [0.15, 0.2) is 0 Å². The maximum atomic E-state index is 12.7. The highest BCUT2D eigenvalue weighted by Crippen LogP contribution is 2.89. The fourth-order valence-corrected chi connectivity index (χ4v) is 14.9. The number of hydrogen-bond acceptors (Lipinski definition) is 10. The summed E-state index contributed by atoms with van der Waals surface area (Å²) in [7, 11) is 0. The van der Waals surface area contributed by atoms with Gasteiger partial charge in [0.15, 0.2) is 6.29 Å². The van der Waals surface area contributed by atoms with Crippen LogP contribution in [0.1, 0.15) is 127 Å². The maximum absolute atomic E-state index is 12.7. The highest BCUT2D eigenvalue weighted by atomic mass is 16.7. The molecule has 0 aromatic carbocycles. The molecule has 0 aromatic heterocycles. The lowest BCUT2D eigenvalue weighted by atomic mass is 9.41. The molecule has 2 spiro atoms. The minimum absolute atomic E-state index is 0.00339. The van der Waals surface area contributed by atoms with Crippen molar-refractivity contribution in [1.29, 1.82) is 0 Å². The third-order valence-corrected chi connectivity index (χ3v) is 17.7. The molecule has 5 saturated carbocycles. The van der Waals surface area contributed by atoms with Crippen molar-refractivity contribution >= 4 is 5.91 Å². The van der Waals surface area contributed by atoms with Gasteiger partial charge in [-0.2, -0.15) is 0 Å². The Kier molecular flexibility index (Phi) is 10.0. The van der Waals surface area contributed by atoms with Crippen molar-refractivity contribution < 1.29 is 34.0 Å². The van der Waals surface area contributed by atoms with Crippen LogP contribution in [-0.2, 0) is 23.7 Å². The molecule has 0 bridgehead atoms. The van der Waals surface area contributed by atoms with Crippen LogP contribution in [0.5, 0.6) is 0 Å². The molecule has 1 amide bonds. The Morgan fingerprint density at radius 1 is 1.06 bits per heavy atom. The number of nitrogens with one attached hydrogen (secondary N) is 3. The number of rotatable bonds is 12. The van der Waals surface area contributed by atoms with Gasteiger partial charge in [-0.3, -0.25) is 9.69 Å². The number of ether oxygens (including phenoxy) is 4. The van der Waals surface area contributed by atoms with E-state index >= 15 is 0 Å². The molecule has 54 heavy (non-hydrogen) atoms. The topological polar surface area (TPSA) is 154 Å². The van der Waals surface area contributed by atoms with Crippen LogP contribution in [0.4, 0.5) is 0 Å². The largest absolute Gasteiger partial charge is 0.390 e. The second kappa shape index (κ2) is 13.6. The third kappa shape index (κ3) is 6.09. The van der Waals surface area contributed by atoms with Gasteiger partial charge < -0.3 is 34.5 Å². The third-order valence-electron chi connectivity index (χ3n) is 17.7. The molecule has 8 fully saturated rings. The molecule has 3 heterocycles. The van der Waals surface area contributed by atoms with Crippen molar-refractivity contribution in [2.75, 3.05) is 39.4 Å². The maximum Gasteiger partial charge on any atom is 0.220 e. The Morgan fingerprint density at radius 2 is 1.78 bits per heavy atom. The van der Waals surface area contributed by atoms with Crippen molar-refractivity contribution in [2.45, 2.75) is 175 Å². The Labute approximate surface area is 325 Å². The van der Waals surface area contributed by atoms with Gasteiger partial charge in [-0.1, -0.05) is 34.6 Å². The van der Waals surface area contributed by atoms with Gasteiger partial charge in [0.25, 0.3) is 0 Å². The van der Waals surface area contributed by atoms with Crippen molar-refractivity contribution in [2.24, 2.45) is 50.7 Å². The molecular weight excluding hydrogens is 684 g/mol. The van der Waals surface area contributed by atoms with E-state index in [1.807, 2.05) is 20.8 Å². The second-order valence-corrected chi connectivity index (χ2v) is 21.2. The number of aliphatic hydroxyl groups is 2. The van der Waals surface area contributed by atoms with Crippen LogP contribution in [0, 0.1) is 50.7 Å². The van der Waals surface area contributed by atoms with Crippen LogP contribution in [0.3, 0.4) is 0 Å². The molecule has 14 atom stereocenters. The Morgan fingerprint density at radius 3 is 2.48 bits per heavy atom. The van der Waals surface area contributed by atoms with Gasteiger partial charge in [0.05, 0.1) is 42.3 Å². The van der Waals surface area contributed by atoms with Crippen LogP contribution < -0.4 is 16.2 Å². The summed E-state index contributed by atoms with van der Waals surface area (Å²) in [6, 6.07) is 0. The van der Waals surface area contributed by atoms with Gasteiger partial charge in [-0.15, -0.1) is 0 Å². The van der Waals surface area contributed by atoms with E-state index in [1.54, 1.807) is 0 Å². The molecule has 11 nitrogen and oxygen atoms in total. The van der Waals surface area contributed by atoms with Crippen molar-refractivity contribution in [3.05, 3.63) is 0 Å². The molecule has 11 heteroatoms. The molecule has 0 radical (unpaired) electrons. The molecule has 3 aliphatic heterocycles. The molecule has 14 unspecified atom stereocenters. The van der Waals surface area contributed by atoms with E-state index in [0.717, 1.165) is 51.7 Å². The molecule has 0 aromatic rings. The van der Waals surface area contributed by atoms with E-state index in [-0.39, 0.29) is 57.8 Å². The molecule has 5 N–H and O–H groups in total. The summed E-state index contributed by atoms with van der Waals surface area (Å²) in [5.41, 5.74) is 5.45. The predicted molar refractivity (Wildman–Crippen MR) is 206 cm³/mol. The molecular formula is C43H74N4O7. The number of hydrogen-bond donors (Lipinski definition) is 5. The van der Waals surface area contributed by atoms with Crippen molar-refractivity contribution in [3.63, 3.8) is 0 Å². The zero-order valence-corrected chi connectivity index (χ0v) is 35.0. The quantitative estimate of drug-likeness (QED) is 0.177. The summed E-state index contributed by atoms with van der Waals surface area (Å²) in [5, 5.41) is 26.9. The Hall–Kier alpha value is -0.890. The van der Waals surface area contributed by atoms with E-state index in [1.165, 1.54) is 25.7 Å². The number of nitrogens with zero attached hydrogens (tertiary/aromatic N) is 1. The van der Waals surface area contributed by atoms with E-state index in [9.17, 15) is 15.0 Å². The summed E-state index contributed by atoms with van der Waals surface area (Å²) in [6.07, 6.45) is 8.87. The SMILES string of the molecule is CCOC(C1CC(C)C2C(O1)C(O)C1(C)C3CCC4C(C)(C)C(OC5CN(CCNC(=O)CCC6(C)NN6)CCO5)CCC45CC35CCC21C)C(C)(C)O. The van der Waals surface area contributed by atoms with E-state index in [0.29, 0.717) is 55.3 Å². The Balaban J connectivity index is 0.924. The highest BCUT2D eigenvalue weighted by molar-refractivity contribution is 5.75. The van der Waals surface area contributed by atoms with Crippen molar-refractivity contribution in [1.82, 2.24) is 21.1 Å². The summed E-state index contributed by atoms with van der Waals surface area (Å²) < 4.78 is 26.3. The van der Waals surface area contributed by atoms with Crippen LogP contribution in [0.2, 0.25) is 0 Å². The lowest BCUT2D eigenvalue weighted by Crippen LogP contribution is -2.60. The fourth-order valence-electron chi connectivity index (χ4n) is 14.9. The number of aliphatic hydroxyl groups excluding tert-OH is 1. The number of amides is 1. The number of carbonyl (C=O) groups excluding carboxylic acids is 1. The van der Waals surface area contributed by atoms with Gasteiger partial charge in [-0.25, -0.2) is 10.9 Å². The van der Waals surface area contributed by atoms with Gasteiger partial charge in [0.1, 0.15) is 6.10 Å². The van der Waals surface area contributed by atoms with E-state index < -0.39 is 17.8 Å². The van der Waals surface area contributed by atoms with Gasteiger partial charge in [-0.05, 0) is 131 Å². The van der Waals surface area contributed by atoms with Crippen LogP contribution >= 0.6 is 0 Å². The van der Waals surface area contributed by atoms with Crippen LogP contribution in [-0.4, -0.2) is 108 Å². The van der Waals surface area contributed by atoms with E-state index in [4.69, 9.17) is 18.9 Å². The first kappa shape index (κ1) is 39.9. The number of fused-ring (bicyclic) bond motifs is 4. The number of morpholine rings is 1. The summed E-state index contributed by atoms with van der Waals surface area (Å²) in [4.78, 5) is 14.8. The molecule has 3 saturated heterocycles. The van der Waals surface area contributed by atoms with E-state index in [2.05, 4.69) is 62.6 Å². The predicted octanol–water partition coefficient (Wildman–Crippen LogP) is 4.74. The fraction of sp³-hybridized carbons (Fsp3) is 0.977. The number of hydrazine groups is 1. The number of carbonyl (C=O) groups is 1. The second-order valence-electron chi connectivity index (χ2n) is 21.2. The minimum atomic E-state index is -1.03. The van der Waals surface area contributed by atoms with Crippen molar-refractivity contribution in [3.8, 4) is 0 Å². The first-order valence-corrected chi connectivity index (χ1v) is 21.8. The smallest absolute Gasteiger partial charge is 0.220 e. The van der Waals surface area contributed by atoms with Crippen LogP contribution in [0.25, 0.3) is 0 Å². The zero-order chi connectivity index (χ0) is 38.7. The van der Waals surface area contributed by atoms with Gasteiger partial charge in [0.2, 0.25) is 5.91 Å². The highest BCUT2D eigenvalue weighted by Gasteiger charge is 2.84. The first-order chi connectivity index (χ1) is 25.4. The normalized spacial score (nSPS) is 48.0. The van der Waals surface area contributed by atoms with Gasteiger partial charge >= 0.3 is 0 Å². The minimum Gasteiger partial charge on any atom is -0.390 e. The average molecular weight is 759 g/mol. The average Bonchev–Trinajstić information content (AvgIpc) is 4.00. The summed E-state index contributed by atoms with van der Waals surface area (Å²) in [6.45, 7) is 24.2. The molecule has 308 valence electrons. The lowest BCUT2D eigenvalue weighted by molar-refractivity contribution is -0.248. The van der Waals surface area contributed by atoms with Gasteiger partial charge in [0, 0.05) is 44.6 Å². The summed E-state index contributed by atoms with van der Waals surface area (Å²) >= 11 is 0. The monoisotopic (exact) mass is 759 g/mol. The molecule has 5 aliphatic carbocycles.